The second-order valence-electron chi connectivity index (χ2n) is 6.32. The molecule has 2 rings (SSSR count). The number of halogens is 2. The Morgan fingerprint density at radius 2 is 1.92 bits per heavy atom. The Balaban J connectivity index is 1.74. The van der Waals surface area contributed by atoms with Crippen LogP contribution in [0, 0.1) is 11.6 Å². The van der Waals surface area contributed by atoms with E-state index in [2.05, 4.69) is 19.9 Å². The summed E-state index contributed by atoms with van der Waals surface area (Å²) in [6.07, 6.45) is 0.305. The molecule has 8 heteroatoms. The van der Waals surface area contributed by atoms with Gasteiger partial charge in [-0.1, -0.05) is 6.07 Å². The summed E-state index contributed by atoms with van der Waals surface area (Å²) in [5.74, 6) is -1.77. The van der Waals surface area contributed by atoms with Crippen LogP contribution in [0.1, 0.15) is 24.9 Å². The van der Waals surface area contributed by atoms with Gasteiger partial charge < -0.3 is 15.0 Å². The third-order valence-corrected chi connectivity index (χ3v) is 4.68. The van der Waals surface area contributed by atoms with Gasteiger partial charge in [0.15, 0.2) is 0 Å². The number of piperazine rings is 1. The molecule has 1 aromatic carbocycles. The van der Waals surface area contributed by atoms with Gasteiger partial charge in [-0.15, -0.1) is 0 Å². The quantitative estimate of drug-likeness (QED) is 0.735. The number of hydrogen-bond acceptors (Lipinski definition) is 5. The number of carbonyl (C=O) groups is 2. The van der Waals surface area contributed by atoms with Crippen molar-refractivity contribution in [2.75, 3.05) is 46.4 Å². The summed E-state index contributed by atoms with van der Waals surface area (Å²) in [4.78, 5) is 27.0. The molecule has 0 spiro atoms. The standard InChI is InChI=1S/C18H25F2N3O3/c1-13(15-4-3-14(19)11-16(15)20)23-9-7-22(8-10-23)6-5-17(24)21-12-18(25)26-2/h3-4,11,13H,5-10,12H2,1-2H3,(H,21,24). The molecule has 26 heavy (non-hydrogen) atoms. The number of amides is 1. The summed E-state index contributed by atoms with van der Waals surface area (Å²) >= 11 is 0. The smallest absolute Gasteiger partial charge is 0.325 e. The molecule has 0 bridgehead atoms. The molecule has 1 aromatic rings. The van der Waals surface area contributed by atoms with Crippen molar-refractivity contribution in [1.29, 1.82) is 0 Å². The van der Waals surface area contributed by atoms with Gasteiger partial charge >= 0.3 is 5.97 Å². The average Bonchev–Trinajstić information content (AvgIpc) is 2.64. The highest BCUT2D eigenvalue weighted by atomic mass is 19.1. The van der Waals surface area contributed by atoms with E-state index in [0.29, 0.717) is 18.5 Å². The van der Waals surface area contributed by atoms with Crippen LogP contribution in [0.5, 0.6) is 0 Å². The fourth-order valence-corrected chi connectivity index (χ4v) is 3.00. The molecule has 0 aromatic heterocycles. The van der Waals surface area contributed by atoms with E-state index in [1.165, 1.54) is 19.2 Å². The van der Waals surface area contributed by atoms with Crippen LogP contribution in [0.3, 0.4) is 0 Å². The van der Waals surface area contributed by atoms with Crippen molar-refractivity contribution in [2.45, 2.75) is 19.4 Å². The largest absolute Gasteiger partial charge is 0.468 e. The van der Waals surface area contributed by atoms with Gasteiger partial charge in [-0.25, -0.2) is 8.78 Å². The van der Waals surface area contributed by atoms with Crippen molar-refractivity contribution in [3.8, 4) is 0 Å². The SMILES string of the molecule is COC(=O)CNC(=O)CCN1CCN(C(C)c2ccc(F)cc2F)CC1. The third kappa shape index (κ3) is 5.74. The number of benzene rings is 1. The van der Waals surface area contributed by atoms with Crippen molar-refractivity contribution in [3.63, 3.8) is 0 Å². The van der Waals surface area contributed by atoms with E-state index in [0.717, 1.165) is 32.2 Å². The van der Waals surface area contributed by atoms with E-state index in [9.17, 15) is 18.4 Å². The van der Waals surface area contributed by atoms with Crippen LogP contribution in [0.25, 0.3) is 0 Å². The van der Waals surface area contributed by atoms with Crippen LogP contribution in [0.15, 0.2) is 18.2 Å². The summed E-state index contributed by atoms with van der Waals surface area (Å²) in [6, 6.07) is 3.54. The number of rotatable bonds is 7. The second-order valence-corrected chi connectivity index (χ2v) is 6.32. The Labute approximate surface area is 152 Å². The maximum absolute atomic E-state index is 13.9. The minimum atomic E-state index is -0.575. The summed E-state index contributed by atoms with van der Waals surface area (Å²) in [5, 5.41) is 2.51. The molecule has 0 aliphatic carbocycles. The zero-order valence-electron chi connectivity index (χ0n) is 15.1. The Morgan fingerprint density at radius 3 is 2.54 bits per heavy atom. The molecule has 1 fully saturated rings. The molecule has 6 nitrogen and oxygen atoms in total. The van der Waals surface area contributed by atoms with Crippen molar-refractivity contribution < 1.29 is 23.1 Å². The molecule has 1 saturated heterocycles. The number of ether oxygens (including phenoxy) is 1. The Kier molecular flexibility index (Phi) is 7.47. The van der Waals surface area contributed by atoms with E-state index < -0.39 is 17.6 Å². The Bertz CT molecular complexity index is 634. The van der Waals surface area contributed by atoms with E-state index in [-0.39, 0.29) is 18.5 Å². The lowest BCUT2D eigenvalue weighted by Crippen LogP contribution is -2.48. The predicted molar refractivity (Wildman–Crippen MR) is 92.4 cm³/mol. The minimum absolute atomic E-state index is 0.121. The van der Waals surface area contributed by atoms with Crippen LogP contribution in [0.4, 0.5) is 8.78 Å². The number of nitrogens with zero attached hydrogens (tertiary/aromatic N) is 2. The van der Waals surface area contributed by atoms with Crippen molar-refractivity contribution in [2.24, 2.45) is 0 Å². The maximum Gasteiger partial charge on any atom is 0.325 e. The van der Waals surface area contributed by atoms with Crippen molar-refractivity contribution >= 4 is 11.9 Å². The average molecular weight is 369 g/mol. The normalized spacial score (nSPS) is 16.9. The molecule has 1 aliphatic rings. The first kappa shape index (κ1) is 20.3. The monoisotopic (exact) mass is 369 g/mol. The van der Waals surface area contributed by atoms with Crippen LogP contribution >= 0.6 is 0 Å². The molecule has 144 valence electrons. The molecule has 0 radical (unpaired) electrons. The molecule has 1 aliphatic heterocycles. The van der Waals surface area contributed by atoms with E-state index in [4.69, 9.17) is 0 Å². The predicted octanol–water partition coefficient (Wildman–Crippen LogP) is 1.32. The molecule has 1 atom stereocenters. The number of nitrogens with one attached hydrogen (secondary N) is 1. The van der Waals surface area contributed by atoms with Crippen molar-refractivity contribution in [1.82, 2.24) is 15.1 Å². The zero-order valence-corrected chi connectivity index (χ0v) is 15.1. The van der Waals surface area contributed by atoms with Gasteiger partial charge in [0.2, 0.25) is 5.91 Å². The first-order valence-corrected chi connectivity index (χ1v) is 8.65. The van der Waals surface area contributed by atoms with Gasteiger partial charge in [0.1, 0.15) is 18.2 Å². The molecule has 1 unspecified atom stereocenters. The topological polar surface area (TPSA) is 61.9 Å². The maximum atomic E-state index is 13.9. The molecule has 1 heterocycles. The Morgan fingerprint density at radius 1 is 1.23 bits per heavy atom. The molecule has 1 N–H and O–H groups in total. The molecule has 0 saturated carbocycles. The van der Waals surface area contributed by atoms with Gasteiger partial charge in [0, 0.05) is 56.8 Å². The third-order valence-electron chi connectivity index (χ3n) is 4.68. The lowest BCUT2D eigenvalue weighted by Gasteiger charge is -2.38. The lowest BCUT2D eigenvalue weighted by molar-refractivity contribution is -0.141. The highest BCUT2D eigenvalue weighted by Crippen LogP contribution is 2.24. The van der Waals surface area contributed by atoms with Gasteiger partial charge in [-0.2, -0.15) is 0 Å². The number of methoxy groups -OCH3 is 1. The highest BCUT2D eigenvalue weighted by molar-refractivity contribution is 5.81. The van der Waals surface area contributed by atoms with Crippen LogP contribution < -0.4 is 5.32 Å². The summed E-state index contributed by atoms with van der Waals surface area (Å²) < 4.78 is 31.5. The van der Waals surface area contributed by atoms with Gasteiger partial charge in [-0.05, 0) is 13.0 Å². The molecular formula is C18H25F2N3O3. The van der Waals surface area contributed by atoms with E-state index in [1.54, 1.807) is 0 Å². The van der Waals surface area contributed by atoms with Crippen LogP contribution in [-0.4, -0.2) is 68.1 Å². The second kappa shape index (κ2) is 9.59. The molecular weight excluding hydrogens is 344 g/mol. The Hall–Kier alpha value is -2.06. The number of esters is 1. The minimum Gasteiger partial charge on any atom is -0.468 e. The summed E-state index contributed by atoms with van der Waals surface area (Å²) in [5.41, 5.74) is 0.488. The van der Waals surface area contributed by atoms with E-state index >= 15 is 0 Å². The summed E-state index contributed by atoms with van der Waals surface area (Å²) in [6.45, 7) is 5.38. The number of hydrogen-bond donors (Lipinski definition) is 1. The van der Waals surface area contributed by atoms with Gasteiger partial charge in [0.25, 0.3) is 0 Å². The van der Waals surface area contributed by atoms with Crippen molar-refractivity contribution in [3.05, 3.63) is 35.4 Å². The van der Waals surface area contributed by atoms with E-state index in [1.807, 2.05) is 6.92 Å². The van der Waals surface area contributed by atoms with Gasteiger partial charge in [0.05, 0.1) is 7.11 Å². The van der Waals surface area contributed by atoms with Crippen LogP contribution in [-0.2, 0) is 14.3 Å². The first-order valence-electron chi connectivity index (χ1n) is 8.65. The first-order chi connectivity index (χ1) is 12.4. The molecule has 1 amide bonds. The van der Waals surface area contributed by atoms with Gasteiger partial charge in [-0.3, -0.25) is 14.5 Å². The zero-order chi connectivity index (χ0) is 19.1. The van der Waals surface area contributed by atoms with Crippen LogP contribution in [0.2, 0.25) is 0 Å². The highest BCUT2D eigenvalue weighted by Gasteiger charge is 2.24. The fraction of sp³-hybridized carbons (Fsp3) is 0.556. The fourth-order valence-electron chi connectivity index (χ4n) is 3.00. The number of carbonyl (C=O) groups excluding carboxylic acids is 2. The lowest BCUT2D eigenvalue weighted by atomic mass is 10.1. The summed E-state index contributed by atoms with van der Waals surface area (Å²) in [7, 11) is 1.27.